The van der Waals surface area contributed by atoms with E-state index in [0.29, 0.717) is 0 Å². The number of carbonyl (C=O) groups is 5. The fourth-order valence-electron chi connectivity index (χ4n) is 2.47. The van der Waals surface area contributed by atoms with E-state index in [4.69, 9.17) is 33.1 Å². The molecule has 0 fully saturated rings. The number of nitrogens with two attached hydrogens (primary N) is 4. The van der Waals surface area contributed by atoms with Crippen molar-refractivity contribution in [1.29, 1.82) is 0 Å². The molecule has 188 valence electrons. The number of aliphatic imine (C=N–C) groups is 1. The lowest BCUT2D eigenvalue weighted by atomic mass is 10.1. The van der Waals surface area contributed by atoms with Gasteiger partial charge < -0.3 is 54.2 Å². The first-order valence-electron chi connectivity index (χ1n) is 9.82. The van der Waals surface area contributed by atoms with Crippen LogP contribution in [0.15, 0.2) is 4.99 Å². The quantitative estimate of drug-likeness (QED) is 0.0602. The van der Waals surface area contributed by atoms with Crippen molar-refractivity contribution < 1.29 is 39.3 Å². The summed E-state index contributed by atoms with van der Waals surface area (Å²) in [5, 5.41) is 34.4. The van der Waals surface area contributed by atoms with Crippen LogP contribution in [0, 0.1) is 0 Å². The molecule has 5 unspecified atom stereocenters. The SMILES string of the molecule is CC(O)C(NC(=O)C(CCCN=C(N)N)NC(=O)C(N)CC(N)=O)C(=O)NC(CO)C(=O)O. The molecule has 33 heavy (non-hydrogen) atoms. The van der Waals surface area contributed by atoms with Gasteiger partial charge in [-0.15, -0.1) is 0 Å². The van der Waals surface area contributed by atoms with Gasteiger partial charge in [0.15, 0.2) is 5.96 Å². The van der Waals surface area contributed by atoms with Crippen molar-refractivity contribution in [1.82, 2.24) is 16.0 Å². The molecule has 0 aromatic rings. The van der Waals surface area contributed by atoms with Crippen LogP contribution in [-0.4, -0.2) is 94.3 Å². The normalized spacial score (nSPS) is 15.2. The summed E-state index contributed by atoms with van der Waals surface area (Å²) in [7, 11) is 0. The van der Waals surface area contributed by atoms with Gasteiger partial charge in [0.1, 0.15) is 18.1 Å². The van der Waals surface area contributed by atoms with Gasteiger partial charge in [0.25, 0.3) is 0 Å². The minimum atomic E-state index is -1.67. The largest absolute Gasteiger partial charge is 0.480 e. The number of hydrogen-bond donors (Lipinski definition) is 10. The highest BCUT2D eigenvalue weighted by Gasteiger charge is 2.32. The Bertz CT molecular complexity index is 741. The van der Waals surface area contributed by atoms with Crippen LogP contribution >= 0.6 is 0 Å². The first-order chi connectivity index (χ1) is 15.3. The highest BCUT2D eigenvalue weighted by atomic mass is 16.4. The molecule has 0 heterocycles. The molecule has 0 saturated heterocycles. The molecule has 0 radical (unpaired) electrons. The Morgan fingerprint density at radius 1 is 0.939 bits per heavy atom. The Labute approximate surface area is 189 Å². The van der Waals surface area contributed by atoms with Crippen molar-refractivity contribution in [2.75, 3.05) is 13.2 Å². The van der Waals surface area contributed by atoms with Crippen LogP contribution in [0.2, 0.25) is 0 Å². The van der Waals surface area contributed by atoms with Gasteiger partial charge in [0, 0.05) is 6.54 Å². The molecule has 0 aliphatic rings. The molecular weight excluding hydrogens is 444 g/mol. The van der Waals surface area contributed by atoms with Crippen LogP contribution < -0.4 is 38.9 Å². The fourth-order valence-corrected chi connectivity index (χ4v) is 2.47. The molecule has 4 amide bonds. The molecule has 5 atom stereocenters. The summed E-state index contributed by atoms with van der Waals surface area (Å²) >= 11 is 0. The van der Waals surface area contributed by atoms with E-state index in [-0.39, 0.29) is 25.3 Å². The third-order valence-electron chi connectivity index (χ3n) is 4.20. The summed E-state index contributed by atoms with van der Waals surface area (Å²) in [6.45, 7) is 0.337. The van der Waals surface area contributed by atoms with E-state index in [2.05, 4.69) is 15.6 Å². The Morgan fingerprint density at radius 2 is 1.52 bits per heavy atom. The van der Waals surface area contributed by atoms with Crippen LogP contribution in [0.5, 0.6) is 0 Å². The summed E-state index contributed by atoms with van der Waals surface area (Å²) < 4.78 is 0. The number of aliphatic hydroxyl groups excluding tert-OH is 2. The Kier molecular flexibility index (Phi) is 13.0. The van der Waals surface area contributed by atoms with Crippen LogP contribution in [0.4, 0.5) is 0 Å². The van der Waals surface area contributed by atoms with Gasteiger partial charge in [-0.2, -0.15) is 0 Å². The number of aliphatic carboxylic acids is 1. The van der Waals surface area contributed by atoms with E-state index in [1.54, 1.807) is 0 Å². The Balaban J connectivity index is 5.46. The second kappa shape index (κ2) is 14.5. The van der Waals surface area contributed by atoms with Crippen molar-refractivity contribution in [3.05, 3.63) is 0 Å². The van der Waals surface area contributed by atoms with Crippen molar-refractivity contribution >= 4 is 35.6 Å². The summed E-state index contributed by atoms with van der Waals surface area (Å²) in [5.41, 5.74) is 21.0. The number of carboxylic acid groups (broad SMARTS) is 1. The lowest BCUT2D eigenvalue weighted by Gasteiger charge is -2.26. The van der Waals surface area contributed by atoms with Crippen molar-refractivity contribution in [3.63, 3.8) is 0 Å². The van der Waals surface area contributed by atoms with E-state index >= 15 is 0 Å². The smallest absolute Gasteiger partial charge is 0.328 e. The minimum Gasteiger partial charge on any atom is -0.480 e. The van der Waals surface area contributed by atoms with E-state index in [1.807, 2.05) is 5.32 Å². The molecule has 0 aromatic heterocycles. The first kappa shape index (κ1) is 29.5. The number of carboxylic acids is 1. The number of hydrogen-bond acceptors (Lipinski definition) is 9. The zero-order valence-corrected chi connectivity index (χ0v) is 18.1. The number of nitrogens with one attached hydrogen (secondary N) is 3. The van der Waals surface area contributed by atoms with Gasteiger partial charge in [-0.3, -0.25) is 24.2 Å². The maximum absolute atomic E-state index is 12.8. The van der Waals surface area contributed by atoms with Crippen LogP contribution in [0.3, 0.4) is 0 Å². The first-order valence-corrected chi connectivity index (χ1v) is 9.82. The highest BCUT2D eigenvalue weighted by molar-refractivity contribution is 5.95. The molecule has 14 N–H and O–H groups in total. The predicted molar refractivity (Wildman–Crippen MR) is 114 cm³/mol. The number of aliphatic hydroxyl groups is 2. The standard InChI is InChI=1S/C17H32N8O8/c1-7(27)12(15(31)24-10(6-26)16(32)33)25-14(30)9(3-2-4-22-17(20)21)23-13(29)8(18)5-11(19)28/h7-10,12,26-27H,2-6,18H2,1H3,(H2,19,28)(H,23,29)(H,24,31)(H,25,30)(H,32,33)(H4,20,21,22). The third-order valence-corrected chi connectivity index (χ3v) is 4.20. The number of guanidine groups is 1. The fraction of sp³-hybridized carbons (Fsp3) is 0.647. The van der Waals surface area contributed by atoms with Crippen molar-refractivity contribution in [2.45, 2.75) is 56.5 Å². The van der Waals surface area contributed by atoms with Crippen LogP contribution in [-0.2, 0) is 24.0 Å². The zero-order chi connectivity index (χ0) is 25.7. The maximum atomic E-state index is 12.8. The van der Waals surface area contributed by atoms with E-state index in [0.717, 1.165) is 6.92 Å². The van der Waals surface area contributed by atoms with E-state index < -0.39 is 72.9 Å². The van der Waals surface area contributed by atoms with E-state index in [9.17, 15) is 29.1 Å². The Hall–Kier alpha value is -3.50. The molecular formula is C17H32N8O8. The molecule has 0 spiro atoms. The highest BCUT2D eigenvalue weighted by Crippen LogP contribution is 2.03. The maximum Gasteiger partial charge on any atom is 0.328 e. The summed E-state index contributed by atoms with van der Waals surface area (Å²) in [4.78, 5) is 63.1. The van der Waals surface area contributed by atoms with Crippen molar-refractivity contribution in [3.8, 4) is 0 Å². The number of rotatable bonds is 15. The molecule has 16 nitrogen and oxygen atoms in total. The molecule has 0 aromatic carbocycles. The van der Waals surface area contributed by atoms with Crippen molar-refractivity contribution in [2.24, 2.45) is 27.9 Å². The number of amides is 4. The number of primary amides is 1. The Morgan fingerprint density at radius 3 is 1.97 bits per heavy atom. The molecule has 0 aliphatic carbocycles. The number of carbonyl (C=O) groups excluding carboxylic acids is 4. The van der Waals surface area contributed by atoms with Gasteiger partial charge in [0.05, 0.1) is 25.2 Å². The molecule has 0 bridgehead atoms. The second-order valence-corrected chi connectivity index (χ2v) is 7.10. The molecule has 0 rings (SSSR count). The lowest BCUT2D eigenvalue weighted by Crippen LogP contribution is -2.60. The number of nitrogens with zero attached hydrogens (tertiary/aromatic N) is 1. The second-order valence-electron chi connectivity index (χ2n) is 7.10. The molecule has 0 aliphatic heterocycles. The average Bonchev–Trinajstić information content (AvgIpc) is 2.70. The average molecular weight is 476 g/mol. The van der Waals surface area contributed by atoms with Gasteiger partial charge in [-0.25, -0.2) is 4.79 Å². The lowest BCUT2D eigenvalue weighted by molar-refractivity contribution is -0.144. The summed E-state index contributed by atoms with van der Waals surface area (Å²) in [6.07, 6.45) is -1.78. The predicted octanol–water partition coefficient (Wildman–Crippen LogP) is -5.85. The van der Waals surface area contributed by atoms with Crippen LogP contribution in [0.25, 0.3) is 0 Å². The summed E-state index contributed by atoms with van der Waals surface area (Å²) in [5.74, 6) is -5.44. The van der Waals surface area contributed by atoms with E-state index in [1.165, 1.54) is 0 Å². The molecule has 0 saturated carbocycles. The zero-order valence-electron chi connectivity index (χ0n) is 18.1. The molecule has 16 heteroatoms. The topological polar surface area (TPSA) is 299 Å². The summed E-state index contributed by atoms with van der Waals surface area (Å²) in [6, 6.07) is -5.92. The monoisotopic (exact) mass is 476 g/mol. The van der Waals surface area contributed by atoms with Gasteiger partial charge in [-0.05, 0) is 19.8 Å². The van der Waals surface area contributed by atoms with Gasteiger partial charge >= 0.3 is 5.97 Å². The third kappa shape index (κ3) is 11.6. The van der Waals surface area contributed by atoms with Crippen LogP contribution in [0.1, 0.15) is 26.2 Å². The van der Waals surface area contributed by atoms with Gasteiger partial charge in [0.2, 0.25) is 23.6 Å². The minimum absolute atomic E-state index is 0.0276. The van der Waals surface area contributed by atoms with Gasteiger partial charge in [-0.1, -0.05) is 0 Å².